The summed E-state index contributed by atoms with van der Waals surface area (Å²) in [5.41, 5.74) is 8.85. The minimum atomic E-state index is -0.419. The first-order chi connectivity index (χ1) is 14.1. The maximum Gasteiger partial charge on any atom is 0.272 e. The molecule has 0 aliphatic heterocycles. The molecule has 0 spiro atoms. The Morgan fingerprint density at radius 3 is 2.62 bits per heavy atom. The molecule has 2 aromatic heterocycles. The van der Waals surface area contributed by atoms with Crippen molar-refractivity contribution in [3.63, 3.8) is 0 Å². The highest BCUT2D eigenvalue weighted by molar-refractivity contribution is 6.16. The van der Waals surface area contributed by atoms with Gasteiger partial charge in [-0.3, -0.25) is 9.89 Å². The zero-order chi connectivity index (χ0) is 20.1. The predicted molar refractivity (Wildman–Crippen MR) is 114 cm³/mol. The summed E-state index contributed by atoms with van der Waals surface area (Å²) in [6.45, 7) is 1.77. The van der Waals surface area contributed by atoms with Crippen molar-refractivity contribution in [3.05, 3.63) is 70.4 Å². The molecule has 0 fully saturated rings. The van der Waals surface area contributed by atoms with E-state index in [-0.39, 0.29) is 11.2 Å². The summed E-state index contributed by atoms with van der Waals surface area (Å²) in [5, 5.41) is 9.73. The van der Waals surface area contributed by atoms with E-state index in [1.165, 1.54) is 12.3 Å². The number of H-pyrrole nitrogens is 2. The van der Waals surface area contributed by atoms with Crippen molar-refractivity contribution in [1.29, 1.82) is 0 Å². The lowest BCUT2D eigenvalue weighted by atomic mass is 9.92. The number of aromatic amines is 2. The largest absolute Gasteiger partial charge is 0.394 e. The monoisotopic (exact) mass is 382 g/mol. The van der Waals surface area contributed by atoms with Gasteiger partial charge in [0.25, 0.3) is 5.56 Å². The molecule has 4 N–H and O–H groups in total. The number of hydrogen-bond acceptors (Lipinski definition) is 3. The van der Waals surface area contributed by atoms with Gasteiger partial charge in [-0.25, -0.2) is 4.39 Å². The zero-order valence-electron chi connectivity index (χ0n) is 15.4. The third-order valence-corrected chi connectivity index (χ3v) is 5.16. The number of nitrogen functional groups attached to an aromatic ring is 1. The number of halogens is 1. The van der Waals surface area contributed by atoms with Gasteiger partial charge in [0.2, 0.25) is 0 Å². The van der Waals surface area contributed by atoms with Crippen molar-refractivity contribution in [2.75, 3.05) is 5.73 Å². The van der Waals surface area contributed by atoms with Gasteiger partial charge in [-0.1, -0.05) is 36.3 Å². The highest BCUT2D eigenvalue weighted by Crippen LogP contribution is 2.38. The van der Waals surface area contributed by atoms with Crippen LogP contribution in [0.1, 0.15) is 12.5 Å². The SMILES string of the molecule is CC#Cc1cc2c(-c3ccc(F)c4[nH]ncc34)c(N)c(=O)[nH]c2c2ccccc12. The van der Waals surface area contributed by atoms with Crippen LogP contribution in [0, 0.1) is 17.7 Å². The molecule has 2 heterocycles. The summed E-state index contributed by atoms with van der Waals surface area (Å²) >= 11 is 0. The average Bonchev–Trinajstić information content (AvgIpc) is 3.22. The summed E-state index contributed by atoms with van der Waals surface area (Å²) in [7, 11) is 0. The van der Waals surface area contributed by atoms with Crippen molar-refractivity contribution in [1.82, 2.24) is 15.2 Å². The van der Waals surface area contributed by atoms with Crippen LogP contribution >= 0.6 is 0 Å². The Morgan fingerprint density at radius 1 is 1.03 bits per heavy atom. The fourth-order valence-corrected chi connectivity index (χ4v) is 3.89. The molecular formula is C23H15FN4O. The number of benzene rings is 3. The number of aromatic nitrogens is 3. The summed E-state index contributed by atoms with van der Waals surface area (Å²) < 4.78 is 14.2. The van der Waals surface area contributed by atoms with Crippen LogP contribution in [0.4, 0.5) is 10.1 Å². The van der Waals surface area contributed by atoms with E-state index in [0.29, 0.717) is 22.0 Å². The second-order valence-electron chi connectivity index (χ2n) is 6.76. The van der Waals surface area contributed by atoms with Gasteiger partial charge in [0.05, 0.1) is 11.7 Å². The molecule has 0 atom stereocenters. The number of hydrogen-bond donors (Lipinski definition) is 3. The van der Waals surface area contributed by atoms with Crippen LogP contribution < -0.4 is 11.3 Å². The van der Waals surface area contributed by atoms with Crippen LogP contribution in [0.5, 0.6) is 0 Å². The van der Waals surface area contributed by atoms with Crippen LogP contribution in [-0.4, -0.2) is 15.2 Å². The number of rotatable bonds is 1. The Kier molecular flexibility index (Phi) is 3.65. The maximum atomic E-state index is 14.2. The predicted octanol–water partition coefficient (Wildman–Crippen LogP) is 4.32. The lowest BCUT2D eigenvalue weighted by Gasteiger charge is -2.14. The fraction of sp³-hybridized carbons (Fsp3) is 0.0435. The van der Waals surface area contributed by atoms with E-state index in [2.05, 4.69) is 27.0 Å². The topological polar surface area (TPSA) is 87.6 Å². The van der Waals surface area contributed by atoms with Crippen LogP contribution in [-0.2, 0) is 0 Å². The van der Waals surface area contributed by atoms with Gasteiger partial charge in [0.15, 0.2) is 0 Å². The molecule has 3 aromatic carbocycles. The number of fused-ring (bicyclic) bond motifs is 4. The van der Waals surface area contributed by atoms with Gasteiger partial charge in [-0.2, -0.15) is 5.10 Å². The summed E-state index contributed by atoms with van der Waals surface area (Å²) in [6, 6.07) is 12.6. The van der Waals surface area contributed by atoms with Gasteiger partial charge in [-0.05, 0) is 30.0 Å². The standard InChI is InChI=1S/C23H15FN4O/c1-2-5-12-10-16-19(14-8-9-18(24)22-17(14)11-26-28-22)20(25)23(29)27-21(16)15-7-4-3-6-13(12)15/h3-4,6-11H,25H2,1H3,(H,26,28)(H,27,29). The van der Waals surface area contributed by atoms with E-state index in [1.807, 2.05) is 30.3 Å². The van der Waals surface area contributed by atoms with Crippen molar-refractivity contribution < 1.29 is 4.39 Å². The first-order valence-corrected chi connectivity index (χ1v) is 9.02. The van der Waals surface area contributed by atoms with Gasteiger partial charge in [0, 0.05) is 27.3 Å². The first kappa shape index (κ1) is 17.0. The van der Waals surface area contributed by atoms with E-state index in [4.69, 9.17) is 5.73 Å². The molecule has 140 valence electrons. The molecular weight excluding hydrogens is 367 g/mol. The fourth-order valence-electron chi connectivity index (χ4n) is 3.89. The van der Waals surface area contributed by atoms with Crippen LogP contribution in [0.15, 0.2) is 53.5 Å². The van der Waals surface area contributed by atoms with E-state index in [1.54, 1.807) is 13.0 Å². The summed E-state index contributed by atoms with van der Waals surface area (Å²) in [5.74, 6) is 5.66. The highest BCUT2D eigenvalue weighted by Gasteiger charge is 2.19. The second kappa shape index (κ2) is 6.21. The van der Waals surface area contributed by atoms with Crippen LogP contribution in [0.3, 0.4) is 0 Å². The minimum absolute atomic E-state index is 0.0669. The highest BCUT2D eigenvalue weighted by atomic mass is 19.1. The Labute approximate surface area is 164 Å². The molecule has 5 nitrogen and oxygen atoms in total. The van der Waals surface area contributed by atoms with Gasteiger partial charge >= 0.3 is 0 Å². The van der Waals surface area contributed by atoms with Crippen molar-refractivity contribution >= 4 is 38.3 Å². The number of nitrogens with two attached hydrogens (primary N) is 1. The number of nitrogens with one attached hydrogen (secondary N) is 2. The summed E-state index contributed by atoms with van der Waals surface area (Å²) in [6.07, 6.45) is 1.54. The molecule has 0 aliphatic rings. The molecule has 0 bridgehead atoms. The number of anilines is 1. The van der Waals surface area contributed by atoms with E-state index in [0.717, 1.165) is 21.7 Å². The Hall–Kier alpha value is -4.11. The normalized spacial score (nSPS) is 11.1. The number of nitrogens with zero attached hydrogens (tertiary/aromatic N) is 1. The van der Waals surface area contributed by atoms with E-state index >= 15 is 0 Å². The molecule has 0 aliphatic carbocycles. The molecule has 0 radical (unpaired) electrons. The Balaban J connectivity index is 2.04. The van der Waals surface area contributed by atoms with Crippen LogP contribution in [0.2, 0.25) is 0 Å². The molecule has 0 unspecified atom stereocenters. The van der Waals surface area contributed by atoms with E-state index in [9.17, 15) is 9.18 Å². The van der Waals surface area contributed by atoms with Gasteiger partial charge in [0.1, 0.15) is 17.0 Å². The molecule has 5 rings (SSSR count). The average molecular weight is 382 g/mol. The quantitative estimate of drug-likeness (QED) is 0.298. The van der Waals surface area contributed by atoms with Crippen molar-refractivity contribution in [2.24, 2.45) is 0 Å². The molecule has 0 saturated carbocycles. The lowest BCUT2D eigenvalue weighted by Crippen LogP contribution is -2.14. The second-order valence-corrected chi connectivity index (χ2v) is 6.76. The number of pyridine rings is 1. The van der Waals surface area contributed by atoms with Gasteiger partial charge < -0.3 is 10.7 Å². The van der Waals surface area contributed by atoms with Crippen molar-refractivity contribution in [2.45, 2.75) is 6.92 Å². The lowest BCUT2D eigenvalue weighted by molar-refractivity contribution is 0.636. The van der Waals surface area contributed by atoms with Crippen molar-refractivity contribution in [3.8, 4) is 23.0 Å². The molecule has 0 amide bonds. The molecule has 29 heavy (non-hydrogen) atoms. The Morgan fingerprint density at radius 2 is 1.83 bits per heavy atom. The molecule has 0 saturated heterocycles. The third kappa shape index (κ3) is 2.41. The molecule has 5 aromatic rings. The Bertz CT molecular complexity index is 1570. The summed E-state index contributed by atoms with van der Waals surface area (Å²) in [4.78, 5) is 15.6. The minimum Gasteiger partial charge on any atom is -0.394 e. The zero-order valence-corrected chi connectivity index (χ0v) is 15.4. The van der Waals surface area contributed by atoms with Gasteiger partial charge in [-0.15, -0.1) is 5.92 Å². The first-order valence-electron chi connectivity index (χ1n) is 9.02. The third-order valence-electron chi connectivity index (χ3n) is 5.16. The van der Waals surface area contributed by atoms with Crippen LogP contribution in [0.25, 0.3) is 43.7 Å². The maximum absolute atomic E-state index is 14.2. The van der Waals surface area contributed by atoms with E-state index < -0.39 is 11.4 Å². The smallest absolute Gasteiger partial charge is 0.272 e. The molecule has 6 heteroatoms.